The van der Waals surface area contributed by atoms with Crippen molar-refractivity contribution in [3.8, 4) is 0 Å². The van der Waals surface area contributed by atoms with Crippen molar-refractivity contribution >= 4 is 38.1 Å². The van der Waals surface area contributed by atoms with Crippen LogP contribution in [0, 0.1) is 6.92 Å². The lowest BCUT2D eigenvalue weighted by molar-refractivity contribution is 0.385. The van der Waals surface area contributed by atoms with Crippen molar-refractivity contribution < 1.29 is 8.42 Å². The van der Waals surface area contributed by atoms with Crippen molar-refractivity contribution in [2.24, 2.45) is 0 Å². The lowest BCUT2D eigenvalue weighted by atomic mass is 10.2. The molecule has 0 bridgehead atoms. The molecule has 3 aromatic rings. The molecular formula is C16H17N5O3S2. The zero-order chi connectivity index (χ0) is 18.3. The third kappa shape index (κ3) is 2.89. The van der Waals surface area contributed by atoms with Crippen LogP contribution in [0.2, 0.25) is 0 Å². The molecule has 1 N–H and O–H groups in total. The van der Waals surface area contributed by atoms with Crippen LogP contribution >= 0.6 is 11.3 Å². The summed E-state index contributed by atoms with van der Waals surface area (Å²) in [6.45, 7) is 3.34. The molecule has 1 aliphatic rings. The number of sulfonamides is 1. The summed E-state index contributed by atoms with van der Waals surface area (Å²) in [7, 11) is -3.66. The molecule has 0 amide bonds. The summed E-state index contributed by atoms with van der Waals surface area (Å²) in [5.41, 5.74) is 1.25. The molecule has 8 nitrogen and oxygen atoms in total. The highest BCUT2D eigenvalue weighted by atomic mass is 32.2. The predicted octanol–water partition coefficient (Wildman–Crippen LogP) is 1.20. The van der Waals surface area contributed by atoms with E-state index in [-0.39, 0.29) is 9.08 Å². The number of aromatic amines is 1. The molecule has 2 aromatic heterocycles. The highest BCUT2D eigenvalue weighted by Gasteiger charge is 2.32. The second kappa shape index (κ2) is 6.45. The summed E-state index contributed by atoms with van der Waals surface area (Å²) >= 11 is 0.739. The molecule has 0 aliphatic carbocycles. The van der Waals surface area contributed by atoms with Gasteiger partial charge in [0, 0.05) is 37.3 Å². The zero-order valence-electron chi connectivity index (χ0n) is 14.0. The van der Waals surface area contributed by atoms with Crippen LogP contribution in [0.4, 0.5) is 5.82 Å². The molecule has 0 unspecified atom stereocenters. The maximum atomic E-state index is 12.8. The Bertz CT molecular complexity index is 1110. The van der Waals surface area contributed by atoms with Gasteiger partial charge in [-0.05, 0) is 19.1 Å². The highest BCUT2D eigenvalue weighted by molar-refractivity contribution is 7.91. The van der Waals surface area contributed by atoms with Gasteiger partial charge in [-0.1, -0.05) is 23.5 Å². The second-order valence-corrected chi connectivity index (χ2v) is 9.15. The SMILES string of the molecule is Cc1[nH]c(=O)sc1S(=O)(=O)N1CCN(c2ncnc3ccccc23)CC1. The Morgan fingerprint density at radius 2 is 1.85 bits per heavy atom. The number of anilines is 1. The van der Waals surface area contributed by atoms with E-state index < -0.39 is 10.0 Å². The van der Waals surface area contributed by atoms with Gasteiger partial charge in [-0.3, -0.25) is 4.79 Å². The van der Waals surface area contributed by atoms with Gasteiger partial charge in [0.1, 0.15) is 12.1 Å². The molecule has 0 atom stereocenters. The molecule has 136 valence electrons. The monoisotopic (exact) mass is 391 g/mol. The fraction of sp³-hybridized carbons (Fsp3) is 0.312. The van der Waals surface area contributed by atoms with Gasteiger partial charge in [-0.2, -0.15) is 4.31 Å². The molecule has 0 saturated carbocycles. The van der Waals surface area contributed by atoms with Crippen LogP contribution in [0.1, 0.15) is 5.69 Å². The van der Waals surface area contributed by atoms with Gasteiger partial charge in [0.25, 0.3) is 10.0 Å². The molecule has 26 heavy (non-hydrogen) atoms. The number of hydrogen-bond acceptors (Lipinski definition) is 7. The van der Waals surface area contributed by atoms with Crippen molar-refractivity contribution in [2.45, 2.75) is 11.1 Å². The first-order valence-electron chi connectivity index (χ1n) is 8.11. The van der Waals surface area contributed by atoms with Gasteiger partial charge in [0.15, 0.2) is 4.21 Å². The summed E-state index contributed by atoms with van der Waals surface area (Å²) in [5.74, 6) is 0.815. The average molecular weight is 391 g/mol. The third-order valence-electron chi connectivity index (χ3n) is 4.42. The van der Waals surface area contributed by atoms with E-state index in [4.69, 9.17) is 0 Å². The van der Waals surface area contributed by atoms with Crippen molar-refractivity contribution in [1.29, 1.82) is 0 Å². The van der Waals surface area contributed by atoms with Gasteiger partial charge in [-0.15, -0.1) is 0 Å². The first kappa shape index (κ1) is 17.1. The molecule has 1 saturated heterocycles. The van der Waals surface area contributed by atoms with E-state index in [0.29, 0.717) is 31.9 Å². The zero-order valence-corrected chi connectivity index (χ0v) is 15.7. The molecule has 0 spiro atoms. The van der Waals surface area contributed by atoms with E-state index in [2.05, 4.69) is 19.9 Å². The minimum Gasteiger partial charge on any atom is -0.353 e. The number of benzene rings is 1. The van der Waals surface area contributed by atoms with E-state index in [9.17, 15) is 13.2 Å². The minimum absolute atomic E-state index is 0.100. The number of nitrogens with one attached hydrogen (secondary N) is 1. The molecule has 1 aromatic carbocycles. The normalized spacial score (nSPS) is 16.3. The number of aromatic nitrogens is 3. The van der Waals surface area contributed by atoms with E-state index in [0.717, 1.165) is 28.1 Å². The van der Waals surface area contributed by atoms with Gasteiger partial charge < -0.3 is 9.88 Å². The summed E-state index contributed by atoms with van der Waals surface area (Å²) in [6, 6.07) is 7.76. The fourth-order valence-corrected chi connectivity index (χ4v) is 5.99. The van der Waals surface area contributed by atoms with Crippen molar-refractivity contribution in [2.75, 3.05) is 31.1 Å². The standard InChI is InChI=1S/C16H17N5O3S2/c1-11-15(25-16(22)19-11)26(23,24)21-8-6-20(7-9-21)14-12-4-2-3-5-13(12)17-10-18-14/h2-5,10H,6-9H2,1H3,(H,19,22). The summed E-state index contributed by atoms with van der Waals surface area (Å²) < 4.78 is 27.2. The first-order valence-corrected chi connectivity index (χ1v) is 10.4. The molecule has 3 heterocycles. The Morgan fingerprint density at radius 1 is 1.12 bits per heavy atom. The molecule has 10 heteroatoms. The molecule has 1 aliphatic heterocycles. The van der Waals surface area contributed by atoms with Crippen LogP contribution in [-0.2, 0) is 10.0 Å². The number of rotatable bonds is 3. The third-order valence-corrected chi connectivity index (χ3v) is 7.90. The van der Waals surface area contributed by atoms with Crippen LogP contribution in [0.5, 0.6) is 0 Å². The van der Waals surface area contributed by atoms with Gasteiger partial charge in [0.2, 0.25) is 0 Å². The quantitative estimate of drug-likeness (QED) is 0.720. The van der Waals surface area contributed by atoms with Crippen LogP contribution in [0.25, 0.3) is 10.9 Å². The molecule has 4 rings (SSSR count). The Balaban J connectivity index is 1.57. The number of H-pyrrole nitrogens is 1. The Hall–Kier alpha value is -2.30. The van der Waals surface area contributed by atoms with Crippen molar-refractivity contribution in [3.63, 3.8) is 0 Å². The van der Waals surface area contributed by atoms with Crippen molar-refractivity contribution in [1.82, 2.24) is 19.3 Å². The Kier molecular flexibility index (Phi) is 4.25. The van der Waals surface area contributed by atoms with Crippen LogP contribution in [-0.4, -0.2) is 53.9 Å². The smallest absolute Gasteiger partial charge is 0.305 e. The van der Waals surface area contributed by atoms with E-state index >= 15 is 0 Å². The molecule has 1 fully saturated rings. The number of hydrogen-bond donors (Lipinski definition) is 1. The fourth-order valence-electron chi connectivity index (χ4n) is 3.14. The summed E-state index contributed by atoms with van der Waals surface area (Å²) in [6.07, 6.45) is 1.53. The lowest BCUT2D eigenvalue weighted by Crippen LogP contribution is -2.49. The lowest BCUT2D eigenvalue weighted by Gasteiger charge is -2.34. The number of para-hydroxylation sites is 1. The summed E-state index contributed by atoms with van der Waals surface area (Å²) in [4.78, 5) is 24.4. The Morgan fingerprint density at radius 3 is 2.54 bits per heavy atom. The maximum absolute atomic E-state index is 12.8. The molecule has 0 radical (unpaired) electrons. The van der Waals surface area contributed by atoms with Crippen LogP contribution in [0.3, 0.4) is 0 Å². The number of fused-ring (bicyclic) bond motifs is 1. The van der Waals surface area contributed by atoms with E-state index in [1.807, 2.05) is 24.3 Å². The van der Waals surface area contributed by atoms with Gasteiger partial charge in [-0.25, -0.2) is 18.4 Å². The van der Waals surface area contributed by atoms with Crippen molar-refractivity contribution in [3.05, 3.63) is 46.0 Å². The Labute approximate surface area is 154 Å². The van der Waals surface area contributed by atoms with Crippen LogP contribution in [0.15, 0.2) is 39.6 Å². The number of nitrogens with zero attached hydrogens (tertiary/aromatic N) is 4. The topological polar surface area (TPSA) is 99.3 Å². The van der Waals surface area contributed by atoms with E-state index in [1.165, 1.54) is 10.6 Å². The van der Waals surface area contributed by atoms with Gasteiger partial charge >= 0.3 is 4.87 Å². The number of aryl methyl sites for hydroxylation is 1. The highest BCUT2D eigenvalue weighted by Crippen LogP contribution is 2.26. The number of thiazole rings is 1. The number of piperazine rings is 1. The average Bonchev–Trinajstić information content (AvgIpc) is 3.00. The summed E-state index contributed by atoms with van der Waals surface area (Å²) in [5, 5.41) is 0.950. The molecular weight excluding hydrogens is 374 g/mol. The predicted molar refractivity (Wildman–Crippen MR) is 100 cm³/mol. The first-order chi connectivity index (χ1) is 12.5. The van der Waals surface area contributed by atoms with Crippen LogP contribution < -0.4 is 9.77 Å². The van der Waals surface area contributed by atoms with Gasteiger partial charge in [0.05, 0.1) is 5.52 Å². The van der Waals surface area contributed by atoms with E-state index in [1.54, 1.807) is 6.92 Å². The minimum atomic E-state index is -3.66. The maximum Gasteiger partial charge on any atom is 0.305 e. The largest absolute Gasteiger partial charge is 0.353 e. The second-order valence-electron chi connectivity index (χ2n) is 6.03.